The van der Waals surface area contributed by atoms with Crippen LogP contribution in [0.25, 0.3) is 11.3 Å². The van der Waals surface area contributed by atoms with Gasteiger partial charge in [0.2, 0.25) is 0 Å². The van der Waals surface area contributed by atoms with Crippen LogP contribution in [0.2, 0.25) is 0 Å². The van der Waals surface area contributed by atoms with E-state index in [2.05, 4.69) is 51.5 Å². The van der Waals surface area contributed by atoms with E-state index in [0.717, 1.165) is 46.9 Å². The van der Waals surface area contributed by atoms with Crippen LogP contribution in [-0.2, 0) is 6.42 Å². The van der Waals surface area contributed by atoms with Crippen molar-refractivity contribution in [2.24, 2.45) is 5.92 Å². The molecule has 0 bridgehead atoms. The second kappa shape index (κ2) is 7.22. The van der Waals surface area contributed by atoms with Gasteiger partial charge in [-0.05, 0) is 47.4 Å². The van der Waals surface area contributed by atoms with Crippen LogP contribution in [-0.4, -0.2) is 18.1 Å². The lowest BCUT2D eigenvalue weighted by atomic mass is 10.2. The van der Waals surface area contributed by atoms with Crippen LogP contribution in [0, 0.1) is 5.92 Å². The molecule has 5 heteroatoms. The predicted molar refractivity (Wildman–Crippen MR) is 83.5 cm³/mol. The van der Waals surface area contributed by atoms with Gasteiger partial charge in [-0.15, -0.1) is 11.3 Å². The van der Waals surface area contributed by atoms with Gasteiger partial charge in [0.25, 0.3) is 0 Å². The Balaban J connectivity index is 1.78. The van der Waals surface area contributed by atoms with E-state index in [1.54, 1.807) is 11.3 Å². The summed E-state index contributed by atoms with van der Waals surface area (Å²) in [5.74, 6) is 2.38. The first-order chi connectivity index (χ1) is 9.15. The fraction of sp³-hybridized carbons (Fsp3) is 0.500. The molecule has 2 heterocycles. The van der Waals surface area contributed by atoms with E-state index in [1.807, 2.05) is 6.20 Å². The van der Waals surface area contributed by atoms with Gasteiger partial charge in [0.15, 0.2) is 11.7 Å². The molecule has 0 radical (unpaired) electrons. The van der Waals surface area contributed by atoms with Gasteiger partial charge in [-0.3, -0.25) is 0 Å². The molecule has 0 spiro atoms. The largest absolute Gasteiger partial charge is 0.441 e. The minimum Gasteiger partial charge on any atom is -0.441 e. The average molecular weight is 343 g/mol. The van der Waals surface area contributed by atoms with Gasteiger partial charge in [0.1, 0.15) is 0 Å². The van der Waals surface area contributed by atoms with E-state index in [1.165, 1.54) is 0 Å². The number of nitrogens with one attached hydrogen (secondary N) is 1. The van der Waals surface area contributed by atoms with E-state index in [9.17, 15) is 0 Å². The number of hydrogen-bond donors (Lipinski definition) is 1. The Kier molecular flexibility index (Phi) is 5.60. The highest BCUT2D eigenvalue weighted by Crippen LogP contribution is 2.29. The highest BCUT2D eigenvalue weighted by molar-refractivity contribution is 9.11. The van der Waals surface area contributed by atoms with Crippen molar-refractivity contribution >= 4 is 27.3 Å². The molecular weight excluding hydrogens is 324 g/mol. The standard InChI is InChI=1S/C14H19BrN2OS/c1-10(2)7-16-5-3-4-14-17-8-12(18-14)11-6-13(15)19-9-11/h6,8-10,16H,3-5,7H2,1-2H3. The predicted octanol–water partition coefficient (Wildman–Crippen LogP) is 4.34. The molecule has 0 amide bonds. The third-order valence-corrected chi connectivity index (χ3v) is 4.21. The summed E-state index contributed by atoms with van der Waals surface area (Å²) in [7, 11) is 0. The van der Waals surface area contributed by atoms with Crippen molar-refractivity contribution in [1.29, 1.82) is 0 Å². The highest BCUT2D eigenvalue weighted by atomic mass is 79.9. The molecule has 1 N–H and O–H groups in total. The van der Waals surface area contributed by atoms with Crippen LogP contribution in [0.3, 0.4) is 0 Å². The molecule has 0 saturated heterocycles. The summed E-state index contributed by atoms with van der Waals surface area (Å²) in [5.41, 5.74) is 1.09. The summed E-state index contributed by atoms with van der Waals surface area (Å²) in [6.07, 6.45) is 3.75. The van der Waals surface area contributed by atoms with Gasteiger partial charge < -0.3 is 9.73 Å². The quantitative estimate of drug-likeness (QED) is 0.760. The van der Waals surface area contributed by atoms with E-state index in [0.29, 0.717) is 5.92 Å². The molecular formula is C14H19BrN2OS. The Morgan fingerprint density at radius 3 is 3.00 bits per heavy atom. The van der Waals surface area contributed by atoms with E-state index >= 15 is 0 Å². The number of rotatable bonds is 7. The molecule has 19 heavy (non-hydrogen) atoms. The van der Waals surface area contributed by atoms with Gasteiger partial charge in [0.05, 0.1) is 9.98 Å². The Hall–Kier alpha value is -0.650. The fourth-order valence-electron chi connectivity index (χ4n) is 1.75. The molecule has 2 aromatic rings. The number of aromatic nitrogens is 1. The van der Waals surface area contributed by atoms with Crippen LogP contribution in [0.5, 0.6) is 0 Å². The van der Waals surface area contributed by atoms with E-state index < -0.39 is 0 Å². The van der Waals surface area contributed by atoms with Gasteiger partial charge >= 0.3 is 0 Å². The molecule has 0 unspecified atom stereocenters. The van der Waals surface area contributed by atoms with Crippen molar-refractivity contribution in [2.45, 2.75) is 26.7 Å². The van der Waals surface area contributed by atoms with Crippen LogP contribution in [0.15, 0.2) is 25.8 Å². The number of hydrogen-bond acceptors (Lipinski definition) is 4. The molecule has 0 aliphatic heterocycles. The summed E-state index contributed by atoms with van der Waals surface area (Å²) in [5, 5.41) is 5.49. The molecule has 3 nitrogen and oxygen atoms in total. The molecule has 2 rings (SSSR count). The Morgan fingerprint density at radius 1 is 1.47 bits per heavy atom. The Labute approximate surface area is 126 Å². The average Bonchev–Trinajstić information content (AvgIpc) is 2.97. The van der Waals surface area contributed by atoms with Gasteiger partial charge in [-0.2, -0.15) is 0 Å². The van der Waals surface area contributed by atoms with Crippen LogP contribution in [0.1, 0.15) is 26.2 Å². The minimum absolute atomic E-state index is 0.699. The molecule has 0 aromatic carbocycles. The Morgan fingerprint density at radius 2 is 2.32 bits per heavy atom. The first-order valence-corrected chi connectivity index (χ1v) is 8.22. The second-order valence-corrected chi connectivity index (χ2v) is 7.25. The van der Waals surface area contributed by atoms with E-state index in [4.69, 9.17) is 4.42 Å². The zero-order valence-electron chi connectivity index (χ0n) is 11.3. The van der Waals surface area contributed by atoms with Gasteiger partial charge in [-0.1, -0.05) is 13.8 Å². The number of halogens is 1. The van der Waals surface area contributed by atoms with Crippen molar-refractivity contribution in [3.63, 3.8) is 0 Å². The minimum atomic E-state index is 0.699. The van der Waals surface area contributed by atoms with Crippen LogP contribution < -0.4 is 5.32 Å². The molecule has 104 valence electrons. The van der Waals surface area contributed by atoms with Crippen molar-refractivity contribution in [1.82, 2.24) is 10.3 Å². The summed E-state index contributed by atoms with van der Waals surface area (Å²) in [6.45, 7) is 6.51. The Bertz CT molecular complexity index is 507. The molecule has 0 fully saturated rings. The molecule has 0 aliphatic carbocycles. The van der Waals surface area contributed by atoms with Gasteiger partial charge in [-0.25, -0.2) is 4.98 Å². The third kappa shape index (κ3) is 4.75. The topological polar surface area (TPSA) is 38.1 Å². The van der Waals surface area contributed by atoms with Crippen molar-refractivity contribution in [3.8, 4) is 11.3 Å². The summed E-state index contributed by atoms with van der Waals surface area (Å²) < 4.78 is 6.87. The van der Waals surface area contributed by atoms with Crippen molar-refractivity contribution in [2.75, 3.05) is 13.1 Å². The maximum atomic E-state index is 5.76. The monoisotopic (exact) mass is 342 g/mol. The molecule has 0 saturated carbocycles. The van der Waals surface area contributed by atoms with Crippen LogP contribution >= 0.6 is 27.3 Å². The smallest absolute Gasteiger partial charge is 0.194 e. The molecule has 0 aliphatic rings. The number of aryl methyl sites for hydroxylation is 1. The summed E-state index contributed by atoms with van der Waals surface area (Å²) in [4.78, 5) is 4.33. The lowest BCUT2D eigenvalue weighted by Crippen LogP contribution is -2.21. The first kappa shape index (κ1) is 14.8. The number of oxazole rings is 1. The summed E-state index contributed by atoms with van der Waals surface area (Å²) in [6, 6.07) is 2.05. The lowest BCUT2D eigenvalue weighted by Gasteiger charge is -2.05. The van der Waals surface area contributed by atoms with E-state index in [-0.39, 0.29) is 0 Å². The van der Waals surface area contributed by atoms with Crippen molar-refractivity contribution < 1.29 is 4.42 Å². The molecule has 2 aromatic heterocycles. The zero-order valence-corrected chi connectivity index (χ0v) is 13.7. The highest BCUT2D eigenvalue weighted by Gasteiger charge is 2.07. The third-order valence-electron chi connectivity index (χ3n) is 2.70. The van der Waals surface area contributed by atoms with Crippen LogP contribution in [0.4, 0.5) is 0 Å². The first-order valence-electron chi connectivity index (χ1n) is 6.55. The summed E-state index contributed by atoms with van der Waals surface area (Å²) >= 11 is 5.11. The number of nitrogens with zero attached hydrogens (tertiary/aromatic N) is 1. The fourth-order valence-corrected chi connectivity index (χ4v) is 2.90. The SMILES string of the molecule is CC(C)CNCCCc1ncc(-c2csc(Br)c2)o1. The van der Waals surface area contributed by atoms with Crippen molar-refractivity contribution in [3.05, 3.63) is 27.3 Å². The number of thiophene rings is 1. The normalized spacial score (nSPS) is 11.4. The van der Waals surface area contributed by atoms with Gasteiger partial charge in [0, 0.05) is 17.4 Å². The maximum Gasteiger partial charge on any atom is 0.194 e. The zero-order chi connectivity index (χ0) is 13.7. The molecule has 0 atom stereocenters. The second-order valence-electron chi connectivity index (χ2n) is 4.96. The lowest BCUT2D eigenvalue weighted by molar-refractivity contribution is 0.483. The maximum absolute atomic E-state index is 5.76.